The highest BCUT2D eigenvalue weighted by Crippen LogP contribution is 2.36. The van der Waals surface area contributed by atoms with Crippen molar-refractivity contribution in [1.82, 2.24) is 14.7 Å². The first-order valence-corrected chi connectivity index (χ1v) is 8.75. The predicted molar refractivity (Wildman–Crippen MR) is 99.5 cm³/mol. The molecular weight excluding hydrogens is 348 g/mol. The van der Waals surface area contributed by atoms with E-state index in [0.29, 0.717) is 31.1 Å². The Morgan fingerprint density at radius 1 is 1.41 bits per heavy atom. The van der Waals surface area contributed by atoms with E-state index in [4.69, 9.17) is 9.47 Å². The van der Waals surface area contributed by atoms with Crippen LogP contribution < -0.4 is 10.1 Å². The Morgan fingerprint density at radius 3 is 2.89 bits per heavy atom. The van der Waals surface area contributed by atoms with Gasteiger partial charge >= 0.3 is 0 Å². The first kappa shape index (κ1) is 18.9. The van der Waals surface area contributed by atoms with Gasteiger partial charge in [-0.1, -0.05) is 0 Å². The molecule has 2 amide bonds. The maximum Gasteiger partial charge on any atom is 0.231 e. The Balaban J connectivity index is 1.89. The summed E-state index contributed by atoms with van der Waals surface area (Å²) in [6, 6.07) is 5.35. The number of hydrogen-bond acceptors (Lipinski definition) is 5. The van der Waals surface area contributed by atoms with Crippen molar-refractivity contribution in [3.63, 3.8) is 0 Å². The van der Waals surface area contributed by atoms with Gasteiger partial charge < -0.3 is 19.7 Å². The van der Waals surface area contributed by atoms with Crippen LogP contribution in [0.25, 0.3) is 0 Å². The maximum atomic E-state index is 13.3. The third-order valence-electron chi connectivity index (χ3n) is 4.60. The molecule has 0 saturated carbocycles. The zero-order valence-corrected chi connectivity index (χ0v) is 15.8. The van der Waals surface area contributed by atoms with E-state index < -0.39 is 5.92 Å². The van der Waals surface area contributed by atoms with Gasteiger partial charge in [-0.05, 0) is 23.8 Å². The summed E-state index contributed by atoms with van der Waals surface area (Å²) in [5, 5.41) is 6.99. The zero-order valence-electron chi connectivity index (χ0n) is 15.8. The Kier molecular flexibility index (Phi) is 5.75. The van der Waals surface area contributed by atoms with Crippen LogP contribution in [0, 0.1) is 0 Å². The summed E-state index contributed by atoms with van der Waals surface area (Å²) < 4.78 is 12.2. The van der Waals surface area contributed by atoms with Crippen LogP contribution in [0.4, 0.5) is 5.69 Å². The lowest BCUT2D eigenvalue weighted by molar-refractivity contribution is -0.136. The molecule has 27 heavy (non-hydrogen) atoms. The van der Waals surface area contributed by atoms with Crippen molar-refractivity contribution in [3.05, 3.63) is 41.7 Å². The molecule has 1 aliphatic rings. The van der Waals surface area contributed by atoms with Crippen molar-refractivity contribution >= 4 is 17.5 Å². The number of carbonyl (C=O) groups is 2. The number of hydrogen-bond donors (Lipinski definition) is 1. The fraction of sp³-hybridized carbons (Fsp3) is 0.421. The lowest BCUT2D eigenvalue weighted by Gasteiger charge is -2.30. The molecule has 1 aromatic carbocycles. The third-order valence-corrected chi connectivity index (χ3v) is 4.60. The van der Waals surface area contributed by atoms with Crippen molar-refractivity contribution < 1.29 is 19.1 Å². The second-order valence-electron chi connectivity index (χ2n) is 6.53. The molecule has 2 aromatic rings. The summed E-state index contributed by atoms with van der Waals surface area (Å²) in [4.78, 5) is 27.2. The van der Waals surface area contributed by atoms with E-state index in [1.807, 2.05) is 19.3 Å². The largest absolute Gasteiger partial charge is 0.497 e. The van der Waals surface area contributed by atoms with Gasteiger partial charge in [0.15, 0.2) is 0 Å². The van der Waals surface area contributed by atoms with Crippen molar-refractivity contribution in [1.29, 1.82) is 0 Å². The maximum absolute atomic E-state index is 13.3. The van der Waals surface area contributed by atoms with Crippen LogP contribution >= 0.6 is 0 Å². The minimum Gasteiger partial charge on any atom is -0.497 e. The second-order valence-corrected chi connectivity index (χ2v) is 6.53. The summed E-state index contributed by atoms with van der Waals surface area (Å²) in [5.74, 6) is -0.185. The molecule has 0 unspecified atom stereocenters. The second kappa shape index (κ2) is 8.22. The standard InChI is InChI=1S/C19H24N4O4/c1-22-11-13(10-20-22)12-23(6-7-26-2)19(25)16-9-18(24)21-17-5-4-14(27-3)8-15(16)17/h4-5,8,10-11,16H,6-7,9,12H2,1-3H3,(H,21,24)/t16-/m0/s1. The molecule has 0 fully saturated rings. The Labute approximate surface area is 158 Å². The number of amides is 2. The monoisotopic (exact) mass is 372 g/mol. The van der Waals surface area contributed by atoms with E-state index in [1.165, 1.54) is 0 Å². The van der Waals surface area contributed by atoms with Crippen molar-refractivity contribution in [2.75, 3.05) is 32.7 Å². The first-order chi connectivity index (χ1) is 13.0. The van der Waals surface area contributed by atoms with E-state index in [1.54, 1.807) is 42.1 Å². The van der Waals surface area contributed by atoms with Crippen LogP contribution in [-0.4, -0.2) is 53.9 Å². The number of rotatable bonds is 7. The van der Waals surface area contributed by atoms with Crippen LogP contribution in [0.2, 0.25) is 0 Å². The fourth-order valence-electron chi connectivity index (χ4n) is 3.25. The number of ether oxygens (including phenoxy) is 2. The minimum atomic E-state index is -0.558. The number of nitrogens with one attached hydrogen (secondary N) is 1. The van der Waals surface area contributed by atoms with Gasteiger partial charge in [-0.2, -0.15) is 5.10 Å². The van der Waals surface area contributed by atoms with Crippen LogP contribution in [0.3, 0.4) is 0 Å². The predicted octanol–water partition coefficient (Wildman–Crippen LogP) is 1.53. The van der Waals surface area contributed by atoms with Crippen LogP contribution in [0.5, 0.6) is 5.75 Å². The number of carbonyl (C=O) groups excluding carboxylic acids is 2. The Bertz CT molecular complexity index is 833. The average molecular weight is 372 g/mol. The molecule has 1 N–H and O–H groups in total. The van der Waals surface area contributed by atoms with Gasteiger partial charge in [0.1, 0.15) is 5.75 Å². The third kappa shape index (κ3) is 4.28. The molecule has 1 aromatic heterocycles. The van der Waals surface area contributed by atoms with Gasteiger partial charge in [0.2, 0.25) is 11.8 Å². The van der Waals surface area contributed by atoms with Crippen LogP contribution in [0.15, 0.2) is 30.6 Å². The number of anilines is 1. The molecule has 1 aliphatic heterocycles. The zero-order chi connectivity index (χ0) is 19.4. The van der Waals surface area contributed by atoms with Gasteiger partial charge in [-0.25, -0.2) is 0 Å². The van der Waals surface area contributed by atoms with Crippen LogP contribution in [0.1, 0.15) is 23.5 Å². The number of nitrogens with zero attached hydrogens (tertiary/aromatic N) is 3. The summed E-state index contributed by atoms with van der Waals surface area (Å²) in [6.45, 7) is 1.25. The highest BCUT2D eigenvalue weighted by atomic mass is 16.5. The molecule has 8 nitrogen and oxygen atoms in total. The SMILES string of the molecule is COCCN(Cc1cnn(C)c1)C(=O)[C@H]1CC(=O)Nc2ccc(OC)cc21. The van der Waals surface area contributed by atoms with Crippen molar-refractivity contribution in [2.45, 2.75) is 18.9 Å². The van der Waals surface area contributed by atoms with Gasteiger partial charge in [0, 0.05) is 51.1 Å². The number of aromatic nitrogens is 2. The number of aryl methyl sites for hydroxylation is 1. The topological polar surface area (TPSA) is 85.7 Å². The Morgan fingerprint density at radius 2 is 2.22 bits per heavy atom. The molecule has 0 aliphatic carbocycles. The van der Waals surface area contributed by atoms with E-state index in [2.05, 4.69) is 10.4 Å². The van der Waals surface area contributed by atoms with Gasteiger partial charge in [0.25, 0.3) is 0 Å². The summed E-state index contributed by atoms with van der Waals surface area (Å²) >= 11 is 0. The van der Waals surface area contributed by atoms with E-state index in [-0.39, 0.29) is 18.2 Å². The molecule has 144 valence electrons. The molecule has 0 bridgehead atoms. The van der Waals surface area contributed by atoms with E-state index in [0.717, 1.165) is 11.1 Å². The van der Waals surface area contributed by atoms with Gasteiger partial charge in [-0.15, -0.1) is 0 Å². The minimum absolute atomic E-state index is 0.107. The average Bonchev–Trinajstić information content (AvgIpc) is 3.08. The molecule has 0 radical (unpaired) electrons. The number of methoxy groups -OCH3 is 2. The summed E-state index contributed by atoms with van der Waals surface area (Å²) in [6.07, 6.45) is 3.71. The van der Waals surface area contributed by atoms with Crippen molar-refractivity contribution in [3.8, 4) is 5.75 Å². The molecule has 0 spiro atoms. The molecule has 8 heteroatoms. The summed E-state index contributed by atoms with van der Waals surface area (Å²) in [7, 11) is 5.01. The quantitative estimate of drug-likeness (QED) is 0.797. The molecule has 1 atom stereocenters. The summed E-state index contributed by atoms with van der Waals surface area (Å²) in [5.41, 5.74) is 2.35. The number of benzene rings is 1. The van der Waals surface area contributed by atoms with Crippen molar-refractivity contribution in [2.24, 2.45) is 7.05 Å². The molecular formula is C19H24N4O4. The number of fused-ring (bicyclic) bond motifs is 1. The fourth-order valence-corrected chi connectivity index (χ4v) is 3.25. The van der Waals surface area contributed by atoms with Crippen LogP contribution in [-0.2, 0) is 27.9 Å². The van der Waals surface area contributed by atoms with Gasteiger partial charge in [0.05, 0.1) is 25.8 Å². The lowest BCUT2D eigenvalue weighted by Crippen LogP contribution is -2.39. The molecule has 2 heterocycles. The van der Waals surface area contributed by atoms with E-state index in [9.17, 15) is 9.59 Å². The van der Waals surface area contributed by atoms with E-state index >= 15 is 0 Å². The normalized spacial score (nSPS) is 15.8. The lowest BCUT2D eigenvalue weighted by atomic mass is 9.89. The highest BCUT2D eigenvalue weighted by Gasteiger charge is 2.34. The highest BCUT2D eigenvalue weighted by molar-refractivity contribution is 6.01. The van der Waals surface area contributed by atoms with Gasteiger partial charge in [-0.3, -0.25) is 14.3 Å². The Hall–Kier alpha value is -2.87. The molecule has 3 rings (SSSR count). The first-order valence-electron chi connectivity index (χ1n) is 8.75. The molecule has 0 saturated heterocycles. The smallest absolute Gasteiger partial charge is 0.231 e.